The number of hydrogen-bond acceptors (Lipinski definition) is 3. The highest BCUT2D eigenvalue weighted by Crippen LogP contribution is 2.42. The summed E-state index contributed by atoms with van der Waals surface area (Å²) in [5.74, 6) is 1.35. The second-order valence-corrected chi connectivity index (χ2v) is 16.6. The van der Waals surface area contributed by atoms with Gasteiger partial charge in [-0.1, -0.05) is 31.6 Å². The molecule has 1 aliphatic carbocycles. The van der Waals surface area contributed by atoms with E-state index in [-0.39, 0.29) is 11.8 Å². The second-order valence-electron chi connectivity index (χ2n) is 11.4. The Morgan fingerprint density at radius 2 is 2.09 bits per heavy atom. The molecular weight excluding hydrogens is 419 g/mol. The summed E-state index contributed by atoms with van der Waals surface area (Å²) in [5, 5.41) is 3.15. The lowest BCUT2D eigenvalue weighted by Gasteiger charge is -2.48. The number of urea groups is 1. The summed E-state index contributed by atoms with van der Waals surface area (Å²) in [5.41, 5.74) is 0.128. The highest BCUT2D eigenvalue weighted by Gasteiger charge is 2.55. The van der Waals surface area contributed by atoms with Crippen molar-refractivity contribution in [3.8, 4) is 0 Å². The molecule has 3 aliphatic heterocycles. The molecule has 1 aromatic carbocycles. The van der Waals surface area contributed by atoms with E-state index in [4.69, 9.17) is 4.99 Å². The Kier molecular flexibility index (Phi) is 5.69. The Balaban J connectivity index is 1.48. The van der Waals surface area contributed by atoms with E-state index < -0.39 is 13.6 Å². The predicted octanol–water partition coefficient (Wildman–Crippen LogP) is 5.26. The van der Waals surface area contributed by atoms with E-state index in [1.54, 1.807) is 6.07 Å². The molecule has 5 rings (SSSR count). The van der Waals surface area contributed by atoms with Crippen molar-refractivity contribution in [2.75, 3.05) is 18.0 Å². The highest BCUT2D eigenvalue weighted by molar-refractivity contribution is 6.78. The molecule has 5 nitrogen and oxygen atoms in total. The smallest absolute Gasteiger partial charge is 0.300 e. The molecule has 1 saturated carbocycles. The monoisotopic (exact) mass is 456 g/mol. The number of amides is 2. The van der Waals surface area contributed by atoms with Crippen LogP contribution < -0.4 is 10.2 Å². The second kappa shape index (κ2) is 8.24. The van der Waals surface area contributed by atoms with Gasteiger partial charge in [-0.25, -0.2) is 9.18 Å². The predicted molar refractivity (Wildman–Crippen MR) is 131 cm³/mol. The molecule has 32 heavy (non-hydrogen) atoms. The fourth-order valence-electron chi connectivity index (χ4n) is 6.36. The van der Waals surface area contributed by atoms with Crippen LogP contribution in [-0.4, -0.2) is 55.6 Å². The first-order chi connectivity index (χ1) is 15.3. The van der Waals surface area contributed by atoms with Gasteiger partial charge in [0, 0.05) is 38.9 Å². The van der Waals surface area contributed by atoms with Crippen LogP contribution in [0.3, 0.4) is 0 Å². The van der Waals surface area contributed by atoms with Crippen LogP contribution in [0.1, 0.15) is 45.4 Å². The molecule has 0 bridgehead atoms. The van der Waals surface area contributed by atoms with E-state index in [9.17, 15) is 9.18 Å². The van der Waals surface area contributed by atoms with Crippen LogP contribution in [-0.2, 0) is 0 Å². The summed E-state index contributed by atoms with van der Waals surface area (Å²) in [6.45, 7) is 9.28. The minimum atomic E-state index is -1.17. The van der Waals surface area contributed by atoms with Gasteiger partial charge in [-0.05, 0) is 69.2 Å². The van der Waals surface area contributed by atoms with Gasteiger partial charge in [0.2, 0.25) is 0 Å². The number of nitrogens with zero attached hydrogens (tertiary/aromatic N) is 3. The molecule has 0 aromatic heterocycles. The van der Waals surface area contributed by atoms with Crippen LogP contribution in [0.4, 0.5) is 14.9 Å². The van der Waals surface area contributed by atoms with E-state index in [0.717, 1.165) is 44.1 Å². The third-order valence-corrected chi connectivity index (χ3v) is 11.6. The lowest BCUT2D eigenvalue weighted by atomic mass is 9.79. The summed E-state index contributed by atoms with van der Waals surface area (Å²) < 4.78 is 14.1. The summed E-state index contributed by atoms with van der Waals surface area (Å²) in [6, 6.07) is 9.46. The zero-order chi connectivity index (χ0) is 22.5. The summed E-state index contributed by atoms with van der Waals surface area (Å²) in [7, 11) is -1.17. The largest absolute Gasteiger partial charge is 0.328 e. The van der Waals surface area contributed by atoms with Gasteiger partial charge in [0.05, 0.1) is 0 Å². The molecule has 3 saturated heterocycles. The lowest BCUT2D eigenvalue weighted by Crippen LogP contribution is -2.60. The van der Waals surface area contributed by atoms with E-state index >= 15 is 0 Å². The van der Waals surface area contributed by atoms with Crippen LogP contribution in [0.5, 0.6) is 0 Å². The first-order valence-electron chi connectivity index (χ1n) is 12.4. The minimum absolute atomic E-state index is 0.163. The van der Waals surface area contributed by atoms with Crippen molar-refractivity contribution in [1.82, 2.24) is 10.2 Å². The van der Waals surface area contributed by atoms with Crippen molar-refractivity contribution < 1.29 is 9.18 Å². The maximum absolute atomic E-state index is 14.1. The number of halogens is 1. The Bertz CT molecular complexity index is 917. The maximum atomic E-state index is 14.1. The van der Waals surface area contributed by atoms with Crippen molar-refractivity contribution >= 4 is 25.6 Å². The number of anilines is 1. The lowest BCUT2D eigenvalue weighted by molar-refractivity contribution is 0.0908. The van der Waals surface area contributed by atoms with Crippen LogP contribution in [0.25, 0.3) is 0 Å². The third kappa shape index (κ3) is 4.02. The summed E-state index contributed by atoms with van der Waals surface area (Å²) in [6.07, 6.45) is 6.85. The Labute approximate surface area is 192 Å². The van der Waals surface area contributed by atoms with Gasteiger partial charge >= 0.3 is 6.03 Å². The van der Waals surface area contributed by atoms with Gasteiger partial charge in [0.15, 0.2) is 0 Å². The maximum Gasteiger partial charge on any atom is 0.328 e. The fourth-order valence-corrected chi connectivity index (χ4v) is 9.25. The van der Waals surface area contributed by atoms with Crippen LogP contribution >= 0.6 is 0 Å². The van der Waals surface area contributed by atoms with Gasteiger partial charge in [0.25, 0.3) is 0 Å². The molecule has 7 heteroatoms. The third-order valence-electron chi connectivity index (χ3n) is 8.40. The number of amidine groups is 1. The van der Waals surface area contributed by atoms with E-state index in [1.165, 1.54) is 43.5 Å². The fraction of sp³-hybridized carbons (Fsp3) is 0.680. The zero-order valence-electron chi connectivity index (χ0n) is 19.7. The average Bonchev–Trinajstić information content (AvgIpc) is 3.16. The number of aliphatic imine (C=N–C) groups is 1. The van der Waals surface area contributed by atoms with Crippen LogP contribution in [0.2, 0.25) is 25.2 Å². The van der Waals surface area contributed by atoms with E-state index in [0.29, 0.717) is 17.8 Å². The van der Waals surface area contributed by atoms with E-state index in [2.05, 4.69) is 30.2 Å². The first-order valence-corrected chi connectivity index (χ1v) is 15.9. The molecule has 1 aromatic rings. The van der Waals surface area contributed by atoms with Crippen molar-refractivity contribution in [1.29, 1.82) is 0 Å². The summed E-state index contributed by atoms with van der Waals surface area (Å²) in [4.78, 5) is 22.9. The van der Waals surface area contributed by atoms with Crippen molar-refractivity contribution in [3.63, 3.8) is 0 Å². The average molecular weight is 457 g/mol. The topological polar surface area (TPSA) is 47.9 Å². The number of benzene rings is 1. The molecule has 2 amide bonds. The number of piperidine rings is 1. The van der Waals surface area contributed by atoms with Gasteiger partial charge in [-0.15, -0.1) is 0 Å². The quantitative estimate of drug-likeness (QED) is 0.629. The minimum Gasteiger partial charge on any atom is -0.300 e. The number of nitrogens with one attached hydrogen (secondary N) is 1. The molecule has 174 valence electrons. The number of carbonyl (C=O) groups is 1. The van der Waals surface area contributed by atoms with Gasteiger partial charge < -0.3 is 4.90 Å². The number of likely N-dealkylation sites (tertiary alicyclic amines) is 1. The number of rotatable bonds is 4. The Morgan fingerprint density at radius 3 is 2.72 bits per heavy atom. The van der Waals surface area contributed by atoms with E-state index in [1.807, 2.05) is 11.0 Å². The molecule has 4 aliphatic rings. The zero-order valence-corrected chi connectivity index (χ0v) is 20.7. The SMILES string of the molecule is CC1CC2(CCN1CC1CCC1)C(=N[C@@H]1CC[Si](C)(C)C1)NC(=O)N2c1cccc(F)c1. The van der Waals surface area contributed by atoms with Gasteiger partial charge in [-0.3, -0.25) is 15.2 Å². The number of hydrogen-bond donors (Lipinski definition) is 1. The van der Waals surface area contributed by atoms with Crippen molar-refractivity contribution in [2.24, 2.45) is 10.9 Å². The normalized spacial score (nSPS) is 34.3. The molecule has 3 atom stereocenters. The first kappa shape index (κ1) is 22.1. The molecule has 3 heterocycles. The summed E-state index contributed by atoms with van der Waals surface area (Å²) >= 11 is 0. The number of carbonyl (C=O) groups excluding carboxylic acids is 1. The Morgan fingerprint density at radius 1 is 1.28 bits per heavy atom. The van der Waals surface area contributed by atoms with Crippen LogP contribution in [0, 0.1) is 11.7 Å². The highest BCUT2D eigenvalue weighted by atomic mass is 28.3. The van der Waals surface area contributed by atoms with Crippen LogP contribution in [0.15, 0.2) is 29.3 Å². The standard InChI is InChI=1S/C25H37FN4OSi/c1-18-15-25(11-12-29(18)16-19-6-4-7-19)23(27-21-10-13-32(2,3)17-21)28-24(31)30(25)22-9-5-8-20(26)14-22/h5,8-9,14,18-19,21H,4,6-7,10-13,15-17H2,1-3H3,(H,27,28,31)/t18?,21-,25?/m1/s1. The molecule has 4 fully saturated rings. The molecule has 1 N–H and O–H groups in total. The molecule has 1 spiro atoms. The molecular formula is C25H37FN4OSi. The van der Waals surface area contributed by atoms with Gasteiger partial charge in [-0.2, -0.15) is 0 Å². The molecule has 0 radical (unpaired) electrons. The Hall–Kier alpha value is -1.73. The van der Waals surface area contributed by atoms with Crippen molar-refractivity contribution in [3.05, 3.63) is 30.1 Å². The van der Waals surface area contributed by atoms with Gasteiger partial charge in [0.1, 0.15) is 17.2 Å². The molecule has 2 unspecified atom stereocenters. The van der Waals surface area contributed by atoms with Crippen molar-refractivity contribution in [2.45, 2.75) is 88.3 Å².